The van der Waals surface area contributed by atoms with Crippen molar-refractivity contribution in [3.05, 3.63) is 70.2 Å². The summed E-state index contributed by atoms with van der Waals surface area (Å²) in [7, 11) is 1.33. The van der Waals surface area contributed by atoms with Crippen molar-refractivity contribution in [2.75, 3.05) is 13.6 Å². The zero-order valence-corrected chi connectivity index (χ0v) is 14.9. The molecule has 0 aliphatic rings. The van der Waals surface area contributed by atoms with Gasteiger partial charge < -0.3 is 16.0 Å². The van der Waals surface area contributed by atoms with E-state index in [9.17, 15) is 23.2 Å². The SMILES string of the molecule is CNC(=O)C(NC(=O)CNC(=O)c1ccccc1Cl)c1ccc(F)c(F)c1. The quantitative estimate of drug-likeness (QED) is 0.698. The lowest BCUT2D eigenvalue weighted by Crippen LogP contribution is -2.43. The summed E-state index contributed by atoms with van der Waals surface area (Å²) in [6.07, 6.45) is 0. The zero-order chi connectivity index (χ0) is 20.0. The molecule has 3 amide bonds. The van der Waals surface area contributed by atoms with Gasteiger partial charge in [0.1, 0.15) is 6.04 Å². The number of hydrogen-bond donors (Lipinski definition) is 3. The Morgan fingerprint density at radius 1 is 1.07 bits per heavy atom. The Balaban J connectivity index is 2.05. The predicted octanol–water partition coefficient (Wildman–Crippen LogP) is 1.95. The van der Waals surface area contributed by atoms with Crippen LogP contribution in [0.4, 0.5) is 8.78 Å². The van der Waals surface area contributed by atoms with Crippen LogP contribution in [-0.2, 0) is 9.59 Å². The molecule has 0 bridgehead atoms. The van der Waals surface area contributed by atoms with E-state index >= 15 is 0 Å². The molecule has 0 aliphatic heterocycles. The van der Waals surface area contributed by atoms with E-state index in [0.717, 1.165) is 12.1 Å². The minimum Gasteiger partial charge on any atom is -0.357 e. The number of amides is 3. The molecule has 0 fully saturated rings. The first-order valence-corrected chi connectivity index (χ1v) is 8.20. The maximum Gasteiger partial charge on any atom is 0.253 e. The highest BCUT2D eigenvalue weighted by molar-refractivity contribution is 6.33. The zero-order valence-electron chi connectivity index (χ0n) is 14.2. The molecule has 0 saturated heterocycles. The highest BCUT2D eigenvalue weighted by Crippen LogP contribution is 2.17. The Hall–Kier alpha value is -3.00. The number of hydrogen-bond acceptors (Lipinski definition) is 3. The number of carbonyl (C=O) groups excluding carboxylic acids is 3. The summed E-state index contributed by atoms with van der Waals surface area (Å²) in [5.41, 5.74) is 0.245. The van der Waals surface area contributed by atoms with Gasteiger partial charge in [0.25, 0.3) is 5.91 Å². The fraction of sp³-hybridized carbons (Fsp3) is 0.167. The molecule has 9 heteroatoms. The molecule has 0 heterocycles. The van der Waals surface area contributed by atoms with Crippen LogP contribution in [0.15, 0.2) is 42.5 Å². The first-order chi connectivity index (χ1) is 12.8. The van der Waals surface area contributed by atoms with Crippen molar-refractivity contribution >= 4 is 29.3 Å². The summed E-state index contributed by atoms with van der Waals surface area (Å²) >= 11 is 5.91. The second-order valence-corrected chi connectivity index (χ2v) is 5.86. The van der Waals surface area contributed by atoms with Gasteiger partial charge in [-0.3, -0.25) is 14.4 Å². The van der Waals surface area contributed by atoms with Crippen LogP contribution in [0.1, 0.15) is 22.0 Å². The molecule has 0 spiro atoms. The Labute approximate surface area is 158 Å². The van der Waals surface area contributed by atoms with E-state index in [1.54, 1.807) is 12.1 Å². The van der Waals surface area contributed by atoms with E-state index in [1.165, 1.54) is 25.2 Å². The lowest BCUT2D eigenvalue weighted by Gasteiger charge is -2.18. The molecule has 2 rings (SSSR count). The molecule has 0 aliphatic carbocycles. The molecular weight excluding hydrogens is 380 g/mol. The van der Waals surface area contributed by atoms with Crippen LogP contribution in [0.25, 0.3) is 0 Å². The number of halogens is 3. The minimum absolute atomic E-state index is 0.0547. The van der Waals surface area contributed by atoms with E-state index in [4.69, 9.17) is 11.6 Å². The van der Waals surface area contributed by atoms with Crippen LogP contribution >= 0.6 is 11.6 Å². The van der Waals surface area contributed by atoms with Crippen LogP contribution in [0.5, 0.6) is 0 Å². The van der Waals surface area contributed by atoms with Crippen molar-refractivity contribution in [1.29, 1.82) is 0 Å². The molecule has 27 heavy (non-hydrogen) atoms. The summed E-state index contributed by atoms with van der Waals surface area (Å²) < 4.78 is 26.5. The van der Waals surface area contributed by atoms with Crippen molar-refractivity contribution in [3.63, 3.8) is 0 Å². The molecule has 0 saturated carbocycles. The van der Waals surface area contributed by atoms with Gasteiger partial charge in [-0.05, 0) is 29.8 Å². The molecular formula is C18H16ClF2N3O3. The molecule has 142 valence electrons. The Kier molecular flexibility index (Phi) is 6.84. The number of benzene rings is 2. The van der Waals surface area contributed by atoms with E-state index < -0.39 is 41.9 Å². The first-order valence-electron chi connectivity index (χ1n) is 7.82. The summed E-state index contributed by atoms with van der Waals surface area (Å²) in [4.78, 5) is 36.2. The van der Waals surface area contributed by atoms with Crippen LogP contribution < -0.4 is 16.0 Å². The predicted molar refractivity (Wildman–Crippen MR) is 95.1 cm³/mol. The first kappa shape index (κ1) is 20.3. The van der Waals surface area contributed by atoms with Crippen molar-refractivity contribution in [1.82, 2.24) is 16.0 Å². The molecule has 3 N–H and O–H groups in total. The van der Waals surface area contributed by atoms with Gasteiger partial charge in [-0.25, -0.2) is 8.78 Å². The number of likely N-dealkylation sites (N-methyl/N-ethyl adjacent to an activating group) is 1. The third-order valence-corrected chi connectivity index (χ3v) is 3.95. The van der Waals surface area contributed by atoms with Gasteiger partial charge >= 0.3 is 0 Å². The van der Waals surface area contributed by atoms with Crippen LogP contribution in [0.2, 0.25) is 5.02 Å². The molecule has 0 aromatic heterocycles. The lowest BCUT2D eigenvalue weighted by molar-refractivity contribution is -0.128. The van der Waals surface area contributed by atoms with Crippen LogP contribution in [0.3, 0.4) is 0 Å². The standard InChI is InChI=1S/C18H16ClF2N3O3/c1-22-18(27)16(10-6-7-13(20)14(21)8-10)24-15(25)9-23-17(26)11-4-2-3-5-12(11)19/h2-8,16H,9H2,1H3,(H,22,27)(H,23,26)(H,24,25). The molecule has 2 aromatic carbocycles. The van der Waals surface area contributed by atoms with Gasteiger partial charge in [-0.2, -0.15) is 0 Å². The third-order valence-electron chi connectivity index (χ3n) is 3.62. The Morgan fingerprint density at radius 2 is 1.78 bits per heavy atom. The van der Waals surface area contributed by atoms with E-state index in [1.807, 2.05) is 0 Å². The summed E-state index contributed by atoms with van der Waals surface area (Å²) in [5.74, 6) is -4.13. The van der Waals surface area contributed by atoms with Crippen molar-refractivity contribution < 1.29 is 23.2 Å². The fourth-order valence-corrected chi connectivity index (χ4v) is 2.47. The molecule has 2 aromatic rings. The van der Waals surface area contributed by atoms with Gasteiger partial charge in [0.2, 0.25) is 11.8 Å². The normalized spacial score (nSPS) is 11.4. The third kappa shape index (κ3) is 5.24. The number of rotatable bonds is 6. The minimum atomic E-state index is -1.25. The van der Waals surface area contributed by atoms with Gasteiger partial charge in [0, 0.05) is 7.05 Å². The van der Waals surface area contributed by atoms with E-state index in [0.29, 0.717) is 0 Å². The summed E-state index contributed by atoms with van der Waals surface area (Å²) in [6, 6.07) is 7.89. The average molecular weight is 396 g/mol. The van der Waals surface area contributed by atoms with Gasteiger partial charge in [-0.1, -0.05) is 29.8 Å². The second kappa shape index (κ2) is 9.09. The van der Waals surface area contributed by atoms with Crippen LogP contribution in [0, 0.1) is 11.6 Å². The van der Waals surface area contributed by atoms with Crippen molar-refractivity contribution in [2.24, 2.45) is 0 Å². The summed E-state index contributed by atoms with van der Waals surface area (Å²) in [5, 5.41) is 7.29. The van der Waals surface area contributed by atoms with E-state index in [2.05, 4.69) is 16.0 Å². The Morgan fingerprint density at radius 3 is 2.41 bits per heavy atom. The van der Waals surface area contributed by atoms with Gasteiger partial charge in [0.05, 0.1) is 17.1 Å². The lowest BCUT2D eigenvalue weighted by atomic mass is 10.1. The molecule has 6 nitrogen and oxygen atoms in total. The second-order valence-electron chi connectivity index (χ2n) is 5.45. The highest BCUT2D eigenvalue weighted by Gasteiger charge is 2.23. The maximum absolute atomic E-state index is 13.4. The number of nitrogens with one attached hydrogen (secondary N) is 3. The monoisotopic (exact) mass is 395 g/mol. The van der Waals surface area contributed by atoms with Crippen molar-refractivity contribution in [2.45, 2.75) is 6.04 Å². The molecule has 1 atom stereocenters. The van der Waals surface area contributed by atoms with Crippen LogP contribution in [-0.4, -0.2) is 31.3 Å². The maximum atomic E-state index is 13.4. The van der Waals surface area contributed by atoms with Crippen molar-refractivity contribution in [3.8, 4) is 0 Å². The Bertz CT molecular complexity index is 877. The van der Waals surface area contributed by atoms with Gasteiger partial charge in [0.15, 0.2) is 11.6 Å². The highest BCUT2D eigenvalue weighted by atomic mass is 35.5. The topological polar surface area (TPSA) is 87.3 Å². The number of carbonyl (C=O) groups is 3. The summed E-state index contributed by atoms with van der Waals surface area (Å²) in [6.45, 7) is -0.443. The largest absolute Gasteiger partial charge is 0.357 e. The molecule has 1 unspecified atom stereocenters. The smallest absolute Gasteiger partial charge is 0.253 e. The average Bonchev–Trinajstić information content (AvgIpc) is 2.66. The molecule has 0 radical (unpaired) electrons. The van der Waals surface area contributed by atoms with Gasteiger partial charge in [-0.15, -0.1) is 0 Å². The van der Waals surface area contributed by atoms with E-state index in [-0.39, 0.29) is 16.1 Å². The fourth-order valence-electron chi connectivity index (χ4n) is 2.25.